The lowest BCUT2D eigenvalue weighted by molar-refractivity contribution is 0.489. The minimum atomic E-state index is -0.232. The van der Waals surface area contributed by atoms with E-state index in [1.807, 2.05) is 13.0 Å². The van der Waals surface area contributed by atoms with Crippen LogP contribution in [-0.2, 0) is 0 Å². The predicted octanol–water partition coefficient (Wildman–Crippen LogP) is 3.04. The zero-order chi connectivity index (χ0) is 8.10. The highest BCUT2D eigenvalue weighted by Crippen LogP contribution is 2.23. The van der Waals surface area contributed by atoms with Gasteiger partial charge in [0.15, 0.2) is 0 Å². The van der Waals surface area contributed by atoms with Crippen LogP contribution in [0, 0.1) is 6.92 Å². The average molecular weight is 174 g/mol. The zero-order valence-corrected chi connectivity index (χ0v) is 7.29. The lowest BCUT2D eigenvalue weighted by Gasteiger charge is -1.95. The smallest absolute Gasteiger partial charge is 0.114 e. The van der Waals surface area contributed by atoms with Gasteiger partial charge in [-0.15, -0.1) is 11.8 Å². The minimum Gasteiger partial charge on any atom is -0.468 e. The van der Waals surface area contributed by atoms with Gasteiger partial charge in [-0.2, -0.15) is 0 Å². The molecule has 11 heavy (non-hydrogen) atoms. The number of rotatable bonds is 4. The molecule has 0 N–H and O–H groups in total. The van der Waals surface area contributed by atoms with Gasteiger partial charge in [0, 0.05) is 10.6 Å². The summed E-state index contributed by atoms with van der Waals surface area (Å²) in [6.45, 7) is 1.68. The second kappa shape index (κ2) is 4.44. The van der Waals surface area contributed by atoms with E-state index in [-0.39, 0.29) is 6.67 Å². The molecule has 1 heterocycles. The van der Waals surface area contributed by atoms with Gasteiger partial charge in [-0.1, -0.05) is 0 Å². The molecule has 0 fully saturated rings. The van der Waals surface area contributed by atoms with Crippen LogP contribution in [0.1, 0.15) is 12.2 Å². The van der Waals surface area contributed by atoms with Gasteiger partial charge in [0.25, 0.3) is 0 Å². The summed E-state index contributed by atoms with van der Waals surface area (Å²) in [5, 5.41) is 0. The molecule has 0 saturated carbocycles. The maximum atomic E-state index is 11.7. The summed E-state index contributed by atoms with van der Waals surface area (Å²) in [7, 11) is 0. The molecule has 1 nitrogen and oxygen atoms in total. The van der Waals surface area contributed by atoms with Crippen molar-refractivity contribution in [2.24, 2.45) is 0 Å². The fraction of sp³-hybridized carbons (Fsp3) is 0.500. The highest BCUT2D eigenvalue weighted by atomic mass is 32.2. The molecule has 3 heteroatoms. The molecule has 1 rings (SSSR count). The Hall–Kier alpha value is -0.440. The molecule has 0 unspecified atom stereocenters. The van der Waals surface area contributed by atoms with Gasteiger partial charge in [0.05, 0.1) is 12.9 Å². The number of hydrogen-bond donors (Lipinski definition) is 0. The number of alkyl halides is 1. The third-order valence-corrected chi connectivity index (χ3v) is 2.57. The van der Waals surface area contributed by atoms with Crippen LogP contribution in [0.2, 0.25) is 0 Å². The number of hydrogen-bond acceptors (Lipinski definition) is 2. The number of halogens is 1. The standard InChI is InChI=1S/C8H11FOS/c1-7-8(3-5-10-7)11-6-2-4-9/h3,5H,2,4,6H2,1H3. The third-order valence-electron chi connectivity index (χ3n) is 1.35. The molecule has 1 aromatic rings. The molecule has 62 valence electrons. The van der Waals surface area contributed by atoms with Gasteiger partial charge < -0.3 is 4.42 Å². The fourth-order valence-electron chi connectivity index (χ4n) is 0.760. The molecule has 0 aliphatic heterocycles. The molecular weight excluding hydrogens is 163 g/mol. The first-order valence-corrected chi connectivity index (χ1v) is 4.56. The maximum absolute atomic E-state index is 11.7. The Kier molecular flexibility index (Phi) is 3.49. The molecule has 0 amide bonds. The SMILES string of the molecule is Cc1occc1SCCCF. The summed E-state index contributed by atoms with van der Waals surface area (Å²) >= 11 is 1.64. The van der Waals surface area contributed by atoms with Gasteiger partial charge in [-0.25, -0.2) is 0 Å². The number of thioether (sulfide) groups is 1. The Labute approximate surface area is 70.0 Å². The van der Waals surface area contributed by atoms with Crippen molar-refractivity contribution in [3.63, 3.8) is 0 Å². The van der Waals surface area contributed by atoms with Gasteiger partial charge in [-0.05, 0) is 19.4 Å². The quantitative estimate of drug-likeness (QED) is 0.514. The summed E-state index contributed by atoms with van der Waals surface area (Å²) in [4.78, 5) is 1.12. The van der Waals surface area contributed by atoms with Gasteiger partial charge in [-0.3, -0.25) is 4.39 Å². The Morgan fingerprint density at radius 1 is 1.64 bits per heavy atom. The Morgan fingerprint density at radius 3 is 3.00 bits per heavy atom. The van der Waals surface area contributed by atoms with Crippen molar-refractivity contribution in [2.75, 3.05) is 12.4 Å². The van der Waals surface area contributed by atoms with Crippen LogP contribution in [-0.4, -0.2) is 12.4 Å². The summed E-state index contributed by atoms with van der Waals surface area (Å²) in [5.74, 6) is 1.76. The van der Waals surface area contributed by atoms with Gasteiger partial charge in [0.2, 0.25) is 0 Å². The van der Waals surface area contributed by atoms with Crippen molar-refractivity contribution < 1.29 is 8.81 Å². The first kappa shape index (κ1) is 8.65. The van der Waals surface area contributed by atoms with Crippen LogP contribution < -0.4 is 0 Å². The van der Waals surface area contributed by atoms with E-state index in [1.165, 1.54) is 0 Å². The Balaban J connectivity index is 2.32. The third kappa shape index (κ3) is 2.58. The van der Waals surface area contributed by atoms with E-state index < -0.39 is 0 Å². The summed E-state index contributed by atoms with van der Waals surface area (Å²) in [6.07, 6.45) is 2.28. The van der Waals surface area contributed by atoms with E-state index in [4.69, 9.17) is 4.42 Å². The monoisotopic (exact) mass is 174 g/mol. The normalized spacial score (nSPS) is 10.4. The summed E-state index contributed by atoms with van der Waals surface area (Å²) < 4.78 is 16.8. The molecular formula is C8H11FOS. The molecule has 0 radical (unpaired) electrons. The van der Waals surface area contributed by atoms with Crippen molar-refractivity contribution in [3.8, 4) is 0 Å². The van der Waals surface area contributed by atoms with Crippen molar-refractivity contribution in [1.82, 2.24) is 0 Å². The van der Waals surface area contributed by atoms with Crippen LogP contribution in [0.15, 0.2) is 21.6 Å². The van der Waals surface area contributed by atoms with Crippen LogP contribution in [0.4, 0.5) is 4.39 Å². The maximum Gasteiger partial charge on any atom is 0.114 e. The Bertz CT molecular complexity index is 210. The zero-order valence-electron chi connectivity index (χ0n) is 6.47. The molecule has 0 bridgehead atoms. The lowest BCUT2D eigenvalue weighted by Crippen LogP contribution is -1.80. The predicted molar refractivity (Wildman–Crippen MR) is 44.8 cm³/mol. The topological polar surface area (TPSA) is 13.1 Å². The highest BCUT2D eigenvalue weighted by molar-refractivity contribution is 7.99. The fourth-order valence-corrected chi connectivity index (χ4v) is 1.64. The van der Waals surface area contributed by atoms with Crippen molar-refractivity contribution in [2.45, 2.75) is 18.2 Å². The van der Waals surface area contributed by atoms with E-state index in [9.17, 15) is 4.39 Å². The molecule has 0 aromatic carbocycles. The van der Waals surface area contributed by atoms with Crippen molar-refractivity contribution in [3.05, 3.63) is 18.1 Å². The second-order valence-corrected chi connectivity index (χ2v) is 3.37. The van der Waals surface area contributed by atoms with Gasteiger partial charge >= 0.3 is 0 Å². The van der Waals surface area contributed by atoms with E-state index in [2.05, 4.69) is 0 Å². The van der Waals surface area contributed by atoms with Crippen LogP contribution in [0.3, 0.4) is 0 Å². The molecule has 0 saturated heterocycles. The van der Waals surface area contributed by atoms with Crippen LogP contribution >= 0.6 is 11.8 Å². The lowest BCUT2D eigenvalue weighted by atomic mass is 10.5. The van der Waals surface area contributed by atoms with Crippen molar-refractivity contribution in [1.29, 1.82) is 0 Å². The van der Waals surface area contributed by atoms with Gasteiger partial charge in [0.1, 0.15) is 5.76 Å². The molecule has 1 aromatic heterocycles. The molecule has 0 spiro atoms. The highest BCUT2D eigenvalue weighted by Gasteiger charge is 2.00. The number of aryl methyl sites for hydroxylation is 1. The van der Waals surface area contributed by atoms with E-state index in [0.29, 0.717) is 6.42 Å². The van der Waals surface area contributed by atoms with E-state index >= 15 is 0 Å². The molecule has 0 aliphatic carbocycles. The second-order valence-electron chi connectivity index (χ2n) is 2.23. The van der Waals surface area contributed by atoms with E-state index in [1.54, 1.807) is 18.0 Å². The van der Waals surface area contributed by atoms with Crippen LogP contribution in [0.5, 0.6) is 0 Å². The largest absolute Gasteiger partial charge is 0.468 e. The molecule has 0 aliphatic rings. The Morgan fingerprint density at radius 2 is 2.45 bits per heavy atom. The summed E-state index contributed by atoms with van der Waals surface area (Å²) in [6, 6.07) is 1.91. The molecule has 0 atom stereocenters. The average Bonchev–Trinajstić information content (AvgIpc) is 2.37. The van der Waals surface area contributed by atoms with Crippen LogP contribution in [0.25, 0.3) is 0 Å². The first-order valence-electron chi connectivity index (χ1n) is 3.57. The first-order chi connectivity index (χ1) is 5.34. The number of furan rings is 1. The van der Waals surface area contributed by atoms with E-state index in [0.717, 1.165) is 16.4 Å². The minimum absolute atomic E-state index is 0.232. The van der Waals surface area contributed by atoms with Crippen molar-refractivity contribution >= 4 is 11.8 Å². The summed E-state index contributed by atoms with van der Waals surface area (Å²) in [5.41, 5.74) is 0.